The average molecular weight is 749 g/mol. The minimum absolute atomic E-state index is 0.0168. The summed E-state index contributed by atoms with van der Waals surface area (Å²) in [5.74, 6) is 6.80. The van der Waals surface area contributed by atoms with Crippen molar-refractivity contribution in [1.82, 2.24) is 0 Å². The molecule has 7 saturated carbocycles. The Labute approximate surface area is 327 Å². The summed E-state index contributed by atoms with van der Waals surface area (Å²) in [6, 6.07) is 0. The van der Waals surface area contributed by atoms with Gasteiger partial charge in [0.25, 0.3) is 0 Å². The predicted octanol–water partition coefficient (Wildman–Crippen LogP) is 9.47. The third-order valence-electron chi connectivity index (χ3n) is 19.8. The van der Waals surface area contributed by atoms with E-state index in [2.05, 4.69) is 54.5 Å². The summed E-state index contributed by atoms with van der Waals surface area (Å²) in [4.78, 5) is 26.1. The van der Waals surface area contributed by atoms with Gasteiger partial charge in [-0.3, -0.25) is 9.59 Å². The van der Waals surface area contributed by atoms with Crippen LogP contribution in [0, 0.1) is 86.8 Å². The number of carbonyl (C=O) groups is 2. The van der Waals surface area contributed by atoms with Crippen molar-refractivity contribution in [2.45, 2.75) is 189 Å². The number of carbonyl (C=O) groups excluding carboxylic acids is 2. The quantitative estimate of drug-likeness (QED) is 0.249. The molecule has 0 aromatic heterocycles. The summed E-state index contributed by atoms with van der Waals surface area (Å²) in [6.07, 6.45) is 20.2. The van der Waals surface area contributed by atoms with Crippen LogP contribution in [0.4, 0.5) is 0 Å². The van der Waals surface area contributed by atoms with Crippen LogP contribution in [0.15, 0.2) is 11.6 Å². The normalized spacial score (nSPS) is 53.1. The number of ether oxygens (including phenoxy) is 1. The lowest BCUT2D eigenvalue weighted by Crippen LogP contribution is -2.55. The van der Waals surface area contributed by atoms with Crippen molar-refractivity contribution in [1.29, 1.82) is 0 Å². The fourth-order valence-corrected chi connectivity index (χ4v) is 16.4. The number of rotatable bonds is 3. The van der Waals surface area contributed by atoms with Crippen LogP contribution in [0.2, 0.25) is 0 Å². The number of ketones is 2. The summed E-state index contributed by atoms with van der Waals surface area (Å²) in [6.45, 7) is 16.4. The first-order valence-electron chi connectivity index (χ1n) is 22.9. The maximum Gasteiger partial charge on any atom is 0.155 e. The third-order valence-corrected chi connectivity index (χ3v) is 19.8. The number of aliphatic hydroxyl groups excluding tert-OH is 3. The topological polar surface area (TPSA) is 104 Å². The zero-order chi connectivity index (χ0) is 38.5. The van der Waals surface area contributed by atoms with Crippen LogP contribution in [-0.4, -0.2) is 51.5 Å². The van der Waals surface area contributed by atoms with E-state index in [1.807, 2.05) is 0 Å². The summed E-state index contributed by atoms with van der Waals surface area (Å²) < 4.78 is 6.12. The largest absolute Gasteiger partial charge is 0.393 e. The SMILES string of the molecule is CC(C)C1CC(O)OC(C(C)C2CC(=O)[C@H]3C4CCC5C[C@@H](O)CC[C@]5(C)C4CC[C@]23C)C1.C[C@]12CC[C@H](O)CC1=CCC1C2CC[C@]2(C)C(=O)CCC12. The number of aliphatic hydroxyl groups is 3. The Balaban J connectivity index is 0.000000169. The smallest absolute Gasteiger partial charge is 0.155 e. The van der Waals surface area contributed by atoms with Gasteiger partial charge in [-0.25, -0.2) is 0 Å². The van der Waals surface area contributed by atoms with Crippen LogP contribution >= 0.6 is 0 Å². The molecule has 304 valence electrons. The van der Waals surface area contributed by atoms with Gasteiger partial charge in [0.05, 0.1) is 18.3 Å². The van der Waals surface area contributed by atoms with Crippen molar-refractivity contribution >= 4 is 11.6 Å². The molecule has 9 rings (SSSR count). The molecule has 0 radical (unpaired) electrons. The van der Waals surface area contributed by atoms with E-state index >= 15 is 0 Å². The fourth-order valence-electron chi connectivity index (χ4n) is 16.4. The van der Waals surface area contributed by atoms with Gasteiger partial charge in [-0.15, -0.1) is 0 Å². The molecule has 3 N–H and O–H groups in total. The third kappa shape index (κ3) is 6.30. The number of allylic oxidation sites excluding steroid dienone is 1. The second-order valence-corrected chi connectivity index (χ2v) is 22.3. The van der Waals surface area contributed by atoms with E-state index in [-0.39, 0.29) is 35.1 Å². The molecule has 54 heavy (non-hydrogen) atoms. The van der Waals surface area contributed by atoms with E-state index in [1.165, 1.54) is 31.3 Å². The maximum atomic E-state index is 13.7. The Kier molecular flexibility index (Phi) is 10.5. The Morgan fingerprint density at radius 1 is 0.704 bits per heavy atom. The number of fused-ring (bicyclic) bond motifs is 10. The highest BCUT2D eigenvalue weighted by Crippen LogP contribution is 2.68. The second-order valence-electron chi connectivity index (χ2n) is 22.3. The number of Topliss-reactive ketones (excluding diaryl/α,β-unsaturated/α-hetero) is 2. The van der Waals surface area contributed by atoms with Gasteiger partial charge in [-0.2, -0.15) is 0 Å². The fraction of sp³-hybridized carbons (Fsp3) is 0.917. The van der Waals surface area contributed by atoms with Crippen LogP contribution < -0.4 is 0 Å². The molecule has 0 amide bonds. The Bertz CT molecular complexity index is 1470. The van der Waals surface area contributed by atoms with Crippen LogP contribution in [0.3, 0.4) is 0 Å². The molecular weight excluding hydrogens is 673 g/mol. The second kappa shape index (κ2) is 14.3. The zero-order valence-electron chi connectivity index (χ0n) is 35.0. The van der Waals surface area contributed by atoms with E-state index in [0.717, 1.165) is 89.4 Å². The van der Waals surface area contributed by atoms with Gasteiger partial charge in [0.15, 0.2) is 6.29 Å². The first kappa shape index (κ1) is 39.7. The lowest BCUT2D eigenvalue weighted by molar-refractivity contribution is -0.205. The van der Waals surface area contributed by atoms with E-state index in [1.54, 1.807) is 0 Å². The molecular formula is C48H76O6. The molecule has 0 spiro atoms. The predicted molar refractivity (Wildman–Crippen MR) is 212 cm³/mol. The Hall–Kier alpha value is -1.08. The van der Waals surface area contributed by atoms with Crippen LogP contribution in [0.5, 0.6) is 0 Å². The van der Waals surface area contributed by atoms with Crippen molar-refractivity contribution in [2.75, 3.05) is 0 Å². The summed E-state index contributed by atoms with van der Waals surface area (Å²) in [5, 5.41) is 30.7. The van der Waals surface area contributed by atoms with Gasteiger partial charge in [0, 0.05) is 30.6 Å². The first-order valence-corrected chi connectivity index (χ1v) is 22.9. The maximum absolute atomic E-state index is 13.7. The van der Waals surface area contributed by atoms with Crippen LogP contribution in [-0.2, 0) is 14.3 Å². The number of hydrogen-bond acceptors (Lipinski definition) is 6. The first-order chi connectivity index (χ1) is 25.5. The molecule has 1 heterocycles. The molecule has 11 unspecified atom stereocenters. The lowest BCUT2D eigenvalue weighted by atomic mass is 9.44. The van der Waals surface area contributed by atoms with Crippen molar-refractivity contribution in [3.8, 4) is 0 Å². The summed E-state index contributed by atoms with van der Waals surface area (Å²) in [7, 11) is 0. The minimum Gasteiger partial charge on any atom is -0.393 e. The number of hydrogen-bond donors (Lipinski definition) is 3. The minimum atomic E-state index is -0.660. The van der Waals surface area contributed by atoms with Gasteiger partial charge in [-0.1, -0.05) is 60.1 Å². The highest BCUT2D eigenvalue weighted by atomic mass is 16.6. The highest BCUT2D eigenvalue weighted by molar-refractivity contribution is 5.87. The van der Waals surface area contributed by atoms with E-state index in [0.29, 0.717) is 82.1 Å². The zero-order valence-corrected chi connectivity index (χ0v) is 35.0. The molecule has 0 aromatic carbocycles. The Morgan fingerprint density at radius 2 is 1.39 bits per heavy atom. The highest BCUT2D eigenvalue weighted by Gasteiger charge is 2.64. The van der Waals surface area contributed by atoms with Crippen molar-refractivity contribution in [3.05, 3.63) is 11.6 Å². The molecule has 0 aromatic rings. The lowest BCUT2D eigenvalue weighted by Gasteiger charge is -2.60. The molecule has 1 saturated heterocycles. The molecule has 9 aliphatic rings. The molecule has 1 aliphatic heterocycles. The van der Waals surface area contributed by atoms with Crippen LogP contribution in [0.25, 0.3) is 0 Å². The molecule has 8 aliphatic carbocycles. The summed E-state index contributed by atoms with van der Waals surface area (Å²) >= 11 is 0. The van der Waals surface area contributed by atoms with Gasteiger partial charge in [0.1, 0.15) is 11.6 Å². The average Bonchev–Trinajstić information content (AvgIpc) is 3.59. The molecule has 6 nitrogen and oxygen atoms in total. The van der Waals surface area contributed by atoms with Crippen molar-refractivity contribution in [3.63, 3.8) is 0 Å². The monoisotopic (exact) mass is 749 g/mol. The Morgan fingerprint density at radius 3 is 2.15 bits per heavy atom. The van der Waals surface area contributed by atoms with Gasteiger partial charge in [0.2, 0.25) is 0 Å². The van der Waals surface area contributed by atoms with E-state index in [4.69, 9.17) is 4.74 Å². The van der Waals surface area contributed by atoms with E-state index < -0.39 is 6.29 Å². The standard InChI is InChI=1S/C29H48O4.C19H28O2/c1-16(2)18-12-25(33-26(32)13-18)17(3)23-15-24(31)27-21-7-6-19-14-20(30)8-10-28(19,4)22(21)9-11-29(23,27)5;1-18-9-7-13(20)11-12(18)3-4-14-15-5-6-17(21)19(15,2)10-8-16(14)18/h16-23,25-27,30,32H,6-15H2,1-5H3;3,13-16,20H,4-11H2,1-2H3/t17?,18?,19?,20-,21?,22?,23?,25?,26?,27+,28-,29+;13-,14?,15?,16?,18-,19-/m00/s1. The van der Waals surface area contributed by atoms with Crippen LogP contribution in [0.1, 0.15) is 164 Å². The van der Waals surface area contributed by atoms with Crippen molar-refractivity contribution in [2.24, 2.45) is 86.8 Å². The molecule has 6 heteroatoms. The molecule has 18 atom stereocenters. The van der Waals surface area contributed by atoms with Crippen molar-refractivity contribution < 1.29 is 29.6 Å². The van der Waals surface area contributed by atoms with Gasteiger partial charge < -0.3 is 20.1 Å². The summed E-state index contributed by atoms with van der Waals surface area (Å²) in [5.41, 5.74) is 2.17. The van der Waals surface area contributed by atoms with E-state index in [9.17, 15) is 24.9 Å². The van der Waals surface area contributed by atoms with Gasteiger partial charge >= 0.3 is 0 Å². The molecule has 0 bridgehead atoms. The molecule has 8 fully saturated rings. The van der Waals surface area contributed by atoms with Gasteiger partial charge in [-0.05, 0) is 172 Å².